The van der Waals surface area contributed by atoms with Crippen LogP contribution < -0.4 is 10.7 Å². The fraction of sp³-hybridized carbons (Fsp3) is 0.0556. The lowest BCUT2D eigenvalue weighted by atomic mass is 9.96. The summed E-state index contributed by atoms with van der Waals surface area (Å²) in [5.74, 6) is 0. The van der Waals surface area contributed by atoms with Crippen molar-refractivity contribution in [2.24, 2.45) is 9.98 Å². The summed E-state index contributed by atoms with van der Waals surface area (Å²) in [5.41, 5.74) is 1.10. The van der Waals surface area contributed by atoms with Gasteiger partial charge in [-0.05, 0) is 24.3 Å². The Bertz CT molecular complexity index is 810. The lowest BCUT2D eigenvalue weighted by molar-refractivity contribution is 0.550. The maximum atomic E-state index is 4.89. The Morgan fingerprint density at radius 2 is 1.24 bits per heavy atom. The third-order valence-corrected chi connectivity index (χ3v) is 3.64. The molecular formula is C18H13N3. The second-order valence-corrected chi connectivity index (χ2v) is 4.97. The van der Waals surface area contributed by atoms with Gasteiger partial charge in [-0.1, -0.05) is 48.5 Å². The van der Waals surface area contributed by atoms with Crippen molar-refractivity contribution in [1.82, 2.24) is 4.98 Å². The van der Waals surface area contributed by atoms with Crippen molar-refractivity contribution in [3.05, 3.63) is 101 Å². The van der Waals surface area contributed by atoms with Gasteiger partial charge in [0.2, 0.25) is 5.66 Å². The Labute approximate surface area is 122 Å². The summed E-state index contributed by atoms with van der Waals surface area (Å²) < 4.78 is 0. The second kappa shape index (κ2) is 4.63. The second-order valence-electron chi connectivity index (χ2n) is 4.97. The third-order valence-electron chi connectivity index (χ3n) is 3.64. The molecule has 0 unspecified atom stereocenters. The van der Waals surface area contributed by atoms with Crippen LogP contribution in [0.15, 0.2) is 89.0 Å². The molecule has 3 heteroatoms. The zero-order valence-corrected chi connectivity index (χ0v) is 11.3. The van der Waals surface area contributed by atoms with Gasteiger partial charge in [0.15, 0.2) is 0 Å². The van der Waals surface area contributed by atoms with Crippen molar-refractivity contribution >= 4 is 0 Å². The van der Waals surface area contributed by atoms with E-state index in [0.29, 0.717) is 0 Å². The van der Waals surface area contributed by atoms with Crippen molar-refractivity contribution in [3.63, 3.8) is 0 Å². The van der Waals surface area contributed by atoms with Gasteiger partial charge in [0, 0.05) is 11.8 Å². The standard InChI is InChI=1S/C18H13N3/c1-2-8-14(9-3-1)18(17-12-6-7-13-19-17)20-15-10-4-5-11-16(15)21-18/h1-13H. The molecule has 3 nitrogen and oxygen atoms in total. The van der Waals surface area contributed by atoms with E-state index in [1.807, 2.05) is 72.8 Å². The van der Waals surface area contributed by atoms with E-state index in [2.05, 4.69) is 4.98 Å². The molecule has 3 aromatic rings. The molecule has 0 aliphatic carbocycles. The molecule has 0 radical (unpaired) electrons. The quantitative estimate of drug-likeness (QED) is 0.704. The molecule has 1 aromatic heterocycles. The molecule has 0 saturated carbocycles. The van der Waals surface area contributed by atoms with Crippen LogP contribution in [-0.2, 0) is 5.66 Å². The van der Waals surface area contributed by atoms with E-state index in [4.69, 9.17) is 9.98 Å². The van der Waals surface area contributed by atoms with Gasteiger partial charge >= 0.3 is 0 Å². The van der Waals surface area contributed by atoms with Crippen molar-refractivity contribution < 1.29 is 0 Å². The number of rotatable bonds is 2. The minimum absolute atomic E-state index is 0.772. The van der Waals surface area contributed by atoms with E-state index in [1.54, 1.807) is 6.20 Å². The number of pyridine rings is 1. The molecule has 0 saturated heterocycles. The van der Waals surface area contributed by atoms with E-state index in [-0.39, 0.29) is 0 Å². The van der Waals surface area contributed by atoms with Gasteiger partial charge in [0.05, 0.1) is 16.4 Å². The zero-order chi connectivity index (χ0) is 14.1. The highest BCUT2D eigenvalue weighted by Crippen LogP contribution is 2.34. The molecule has 2 aromatic carbocycles. The number of fused-ring (bicyclic) bond motifs is 1. The molecule has 0 N–H and O–H groups in total. The predicted octanol–water partition coefficient (Wildman–Crippen LogP) is 2.24. The van der Waals surface area contributed by atoms with Gasteiger partial charge < -0.3 is 0 Å². The Morgan fingerprint density at radius 3 is 1.86 bits per heavy atom. The maximum Gasteiger partial charge on any atom is 0.219 e. The van der Waals surface area contributed by atoms with Gasteiger partial charge in [-0.3, -0.25) is 4.98 Å². The highest BCUT2D eigenvalue weighted by atomic mass is 15.1. The predicted molar refractivity (Wildman–Crippen MR) is 80.2 cm³/mol. The van der Waals surface area contributed by atoms with Crippen LogP contribution in [0.2, 0.25) is 0 Å². The van der Waals surface area contributed by atoms with Gasteiger partial charge in [0.1, 0.15) is 0 Å². The third kappa shape index (κ3) is 1.86. The van der Waals surface area contributed by atoms with Crippen molar-refractivity contribution in [3.8, 4) is 0 Å². The lowest BCUT2D eigenvalue weighted by Crippen LogP contribution is -2.23. The largest absolute Gasteiger partial charge is 0.256 e. The van der Waals surface area contributed by atoms with E-state index in [9.17, 15) is 0 Å². The number of para-hydroxylation sites is 2. The average molecular weight is 271 g/mol. The van der Waals surface area contributed by atoms with Gasteiger partial charge in [-0.15, -0.1) is 0 Å². The Hall–Kier alpha value is -2.81. The molecule has 0 fully saturated rings. The first kappa shape index (κ1) is 12.0. The highest BCUT2D eigenvalue weighted by Gasteiger charge is 2.36. The van der Waals surface area contributed by atoms with Gasteiger partial charge in [0.25, 0.3) is 0 Å². The number of benzene rings is 2. The summed E-state index contributed by atoms with van der Waals surface area (Å²) in [6, 6.07) is 23.9. The normalized spacial score (nSPS) is 14.9. The van der Waals surface area contributed by atoms with Gasteiger partial charge in [-0.25, -0.2) is 9.98 Å². The SMILES string of the molecule is c1ccc(C2(c3ccccn3)N=c3ccccc3=N2)cc1. The van der Waals surface area contributed by atoms with E-state index in [1.165, 1.54) is 0 Å². The molecule has 0 bridgehead atoms. The summed E-state index contributed by atoms with van der Waals surface area (Å²) in [6.45, 7) is 0. The lowest BCUT2D eigenvalue weighted by Gasteiger charge is -2.23. The molecular weight excluding hydrogens is 258 g/mol. The molecule has 100 valence electrons. The molecule has 2 heterocycles. The van der Waals surface area contributed by atoms with Crippen molar-refractivity contribution in [2.45, 2.75) is 5.66 Å². The molecule has 21 heavy (non-hydrogen) atoms. The van der Waals surface area contributed by atoms with E-state index < -0.39 is 5.66 Å². The van der Waals surface area contributed by atoms with Crippen LogP contribution in [0.5, 0.6) is 0 Å². The first-order valence-corrected chi connectivity index (χ1v) is 6.90. The summed E-state index contributed by atoms with van der Waals surface area (Å²) in [4.78, 5) is 14.3. The fourth-order valence-electron chi connectivity index (χ4n) is 2.66. The summed E-state index contributed by atoms with van der Waals surface area (Å²) in [5, 5.41) is 1.82. The number of aromatic nitrogens is 1. The number of hydrogen-bond acceptors (Lipinski definition) is 3. The van der Waals surface area contributed by atoms with Crippen LogP contribution in [0.25, 0.3) is 0 Å². The van der Waals surface area contributed by atoms with E-state index >= 15 is 0 Å². The topological polar surface area (TPSA) is 37.6 Å². The Kier molecular flexibility index (Phi) is 2.64. The highest BCUT2D eigenvalue weighted by molar-refractivity contribution is 5.36. The summed E-state index contributed by atoms with van der Waals surface area (Å²) in [7, 11) is 0. The Morgan fingerprint density at radius 1 is 0.619 bits per heavy atom. The first-order valence-electron chi connectivity index (χ1n) is 6.90. The number of nitrogens with zero attached hydrogens (tertiary/aromatic N) is 3. The van der Waals surface area contributed by atoms with Crippen LogP contribution in [0.4, 0.5) is 0 Å². The van der Waals surface area contributed by atoms with Crippen LogP contribution in [0.1, 0.15) is 11.3 Å². The van der Waals surface area contributed by atoms with Crippen LogP contribution in [-0.4, -0.2) is 4.98 Å². The van der Waals surface area contributed by atoms with Crippen molar-refractivity contribution in [2.75, 3.05) is 0 Å². The van der Waals surface area contributed by atoms with Crippen LogP contribution in [0, 0.1) is 0 Å². The molecule has 1 aliphatic rings. The van der Waals surface area contributed by atoms with Crippen LogP contribution in [0.3, 0.4) is 0 Å². The minimum atomic E-state index is -0.772. The van der Waals surface area contributed by atoms with Crippen LogP contribution >= 0.6 is 0 Å². The molecule has 0 amide bonds. The maximum absolute atomic E-state index is 4.89. The molecule has 4 rings (SSSR count). The zero-order valence-electron chi connectivity index (χ0n) is 11.3. The van der Waals surface area contributed by atoms with Crippen molar-refractivity contribution in [1.29, 1.82) is 0 Å². The fourth-order valence-corrected chi connectivity index (χ4v) is 2.66. The van der Waals surface area contributed by atoms with E-state index in [0.717, 1.165) is 22.0 Å². The van der Waals surface area contributed by atoms with Gasteiger partial charge in [-0.2, -0.15) is 0 Å². The molecule has 1 aliphatic heterocycles. The minimum Gasteiger partial charge on any atom is -0.256 e. The molecule has 0 atom stereocenters. The average Bonchev–Trinajstić information content (AvgIpc) is 2.97. The number of hydrogen-bond donors (Lipinski definition) is 0. The summed E-state index contributed by atoms with van der Waals surface area (Å²) >= 11 is 0. The smallest absolute Gasteiger partial charge is 0.219 e. The monoisotopic (exact) mass is 271 g/mol. The first-order chi connectivity index (χ1) is 10.4. The molecule has 0 spiro atoms. The Balaban J connectivity index is 2.05. The summed E-state index contributed by atoms with van der Waals surface area (Å²) in [6.07, 6.45) is 1.79.